The van der Waals surface area contributed by atoms with Crippen molar-refractivity contribution in [2.45, 2.75) is 50.7 Å². The molecule has 1 heterocycles. The van der Waals surface area contributed by atoms with Gasteiger partial charge in [0.05, 0.1) is 6.54 Å². The molecule has 0 spiro atoms. The first kappa shape index (κ1) is 24.7. The molecule has 35 heavy (non-hydrogen) atoms. The summed E-state index contributed by atoms with van der Waals surface area (Å²) in [5.41, 5.74) is 2.40. The number of carbonyl (C=O) groups excluding carboxylic acids is 2. The van der Waals surface area contributed by atoms with E-state index >= 15 is 0 Å². The second-order valence-corrected chi connectivity index (χ2v) is 10.2. The van der Waals surface area contributed by atoms with Gasteiger partial charge in [-0.2, -0.15) is 0 Å². The van der Waals surface area contributed by atoms with Gasteiger partial charge < -0.3 is 19.9 Å². The zero-order valence-corrected chi connectivity index (χ0v) is 20.4. The molecule has 2 aromatic carbocycles. The second-order valence-electron chi connectivity index (χ2n) is 10.2. The topological polar surface area (TPSA) is 105 Å². The fraction of sp³-hybridized carbons (Fsp3) is 0.444. The van der Waals surface area contributed by atoms with Crippen LogP contribution in [0.5, 0.6) is 0 Å². The summed E-state index contributed by atoms with van der Waals surface area (Å²) in [5.74, 6) is -1.57. The van der Waals surface area contributed by atoms with Crippen molar-refractivity contribution in [3.63, 3.8) is 0 Å². The molecule has 186 valence electrons. The minimum absolute atomic E-state index is 0.0813. The minimum Gasteiger partial charge on any atom is -0.480 e. The first-order valence-corrected chi connectivity index (χ1v) is 11.9. The Kier molecular flexibility index (Phi) is 6.85. The van der Waals surface area contributed by atoms with Gasteiger partial charge in [0.2, 0.25) is 0 Å². The average Bonchev–Trinajstić information content (AvgIpc) is 3.11. The van der Waals surface area contributed by atoms with Gasteiger partial charge in [-0.05, 0) is 55.9 Å². The van der Waals surface area contributed by atoms with E-state index in [4.69, 9.17) is 9.47 Å². The van der Waals surface area contributed by atoms with Gasteiger partial charge in [0.25, 0.3) is 0 Å². The number of fused-ring (bicyclic) bond motifs is 3. The lowest BCUT2D eigenvalue weighted by atomic mass is 9.87. The highest BCUT2D eigenvalue weighted by Gasteiger charge is 2.44. The molecule has 0 bridgehead atoms. The molecule has 1 amide bonds. The number of hydrogen-bond acceptors (Lipinski definition) is 6. The largest absolute Gasteiger partial charge is 0.480 e. The third-order valence-corrected chi connectivity index (χ3v) is 6.58. The predicted molar refractivity (Wildman–Crippen MR) is 130 cm³/mol. The number of rotatable bonds is 6. The SMILES string of the molecule is CC(C)(C)OC(=O)CN1CCC(NC(=O)OCC2c3ccccc3-c3ccccc32)(C(=O)O)CC1. The van der Waals surface area contributed by atoms with Gasteiger partial charge in [-0.1, -0.05) is 48.5 Å². The predicted octanol–water partition coefficient (Wildman–Crippen LogP) is 3.79. The maximum atomic E-state index is 12.7. The standard InChI is InChI=1S/C27H32N2O6/c1-26(2,3)35-23(30)16-29-14-12-27(13-15-29,24(31)32)28-25(33)34-17-22-20-10-6-4-8-18(20)19-9-5-7-11-21(19)22/h4-11,22H,12-17H2,1-3H3,(H,28,33)(H,31,32). The molecule has 2 aromatic rings. The summed E-state index contributed by atoms with van der Waals surface area (Å²) in [5, 5.41) is 12.5. The molecular formula is C27H32N2O6. The molecule has 0 saturated carbocycles. The Morgan fingerprint density at radius 2 is 1.54 bits per heavy atom. The van der Waals surface area contributed by atoms with Gasteiger partial charge in [0, 0.05) is 19.0 Å². The number of piperidine rings is 1. The number of esters is 1. The van der Waals surface area contributed by atoms with Crippen molar-refractivity contribution >= 4 is 18.0 Å². The zero-order chi connectivity index (χ0) is 25.2. The zero-order valence-electron chi connectivity index (χ0n) is 20.4. The van der Waals surface area contributed by atoms with Crippen LogP contribution >= 0.6 is 0 Å². The van der Waals surface area contributed by atoms with Crippen molar-refractivity contribution in [3.05, 3.63) is 59.7 Å². The monoisotopic (exact) mass is 480 g/mol. The number of carboxylic acids is 1. The lowest BCUT2D eigenvalue weighted by molar-refractivity contribution is -0.157. The minimum atomic E-state index is -1.44. The Bertz CT molecular complexity index is 1070. The molecule has 8 nitrogen and oxygen atoms in total. The number of likely N-dealkylation sites (tertiary alicyclic amines) is 1. The fourth-order valence-corrected chi connectivity index (χ4v) is 4.87. The third-order valence-electron chi connectivity index (χ3n) is 6.58. The number of nitrogens with one attached hydrogen (secondary N) is 1. The number of carboxylic acid groups (broad SMARTS) is 1. The maximum Gasteiger partial charge on any atom is 0.408 e. The normalized spacial score (nSPS) is 17.2. The van der Waals surface area contributed by atoms with Crippen LogP contribution in [0.3, 0.4) is 0 Å². The number of amides is 1. The quantitative estimate of drug-likeness (QED) is 0.606. The van der Waals surface area contributed by atoms with E-state index in [-0.39, 0.29) is 37.9 Å². The van der Waals surface area contributed by atoms with E-state index in [1.165, 1.54) is 0 Å². The molecule has 0 unspecified atom stereocenters. The van der Waals surface area contributed by atoms with E-state index in [1.54, 1.807) is 20.8 Å². The van der Waals surface area contributed by atoms with Crippen LogP contribution < -0.4 is 5.32 Å². The van der Waals surface area contributed by atoms with Crippen molar-refractivity contribution in [2.75, 3.05) is 26.2 Å². The summed E-state index contributed by atoms with van der Waals surface area (Å²) < 4.78 is 10.9. The van der Waals surface area contributed by atoms with E-state index in [9.17, 15) is 19.5 Å². The van der Waals surface area contributed by atoms with Crippen molar-refractivity contribution in [1.82, 2.24) is 10.2 Å². The summed E-state index contributed by atoms with van der Waals surface area (Å²) in [7, 11) is 0. The summed E-state index contributed by atoms with van der Waals surface area (Å²) in [6.45, 7) is 6.28. The number of benzene rings is 2. The molecule has 1 fully saturated rings. The average molecular weight is 481 g/mol. The van der Waals surface area contributed by atoms with Gasteiger partial charge >= 0.3 is 18.0 Å². The summed E-state index contributed by atoms with van der Waals surface area (Å²) in [6.07, 6.45) is -0.431. The molecule has 0 atom stereocenters. The molecule has 1 aliphatic carbocycles. The van der Waals surface area contributed by atoms with Gasteiger partial charge in [0.15, 0.2) is 0 Å². The number of ether oxygens (including phenoxy) is 2. The van der Waals surface area contributed by atoms with E-state index < -0.39 is 23.2 Å². The Hall–Kier alpha value is -3.39. The molecule has 0 radical (unpaired) electrons. The van der Waals surface area contributed by atoms with Crippen LogP contribution in [-0.2, 0) is 19.1 Å². The molecule has 0 aromatic heterocycles. The van der Waals surface area contributed by atoms with Crippen LogP contribution in [0.4, 0.5) is 4.79 Å². The third kappa shape index (κ3) is 5.48. The van der Waals surface area contributed by atoms with Gasteiger partial charge in [0.1, 0.15) is 17.7 Å². The molecule has 4 rings (SSSR count). The van der Waals surface area contributed by atoms with Crippen molar-refractivity contribution in [1.29, 1.82) is 0 Å². The second kappa shape index (κ2) is 9.70. The highest BCUT2D eigenvalue weighted by molar-refractivity contribution is 5.85. The number of aliphatic carboxylic acids is 1. The molecule has 1 aliphatic heterocycles. The van der Waals surface area contributed by atoms with Crippen LogP contribution in [0.2, 0.25) is 0 Å². The highest BCUT2D eigenvalue weighted by atomic mass is 16.6. The molecule has 1 saturated heterocycles. The van der Waals surface area contributed by atoms with Gasteiger partial charge in [-0.3, -0.25) is 9.69 Å². The van der Waals surface area contributed by atoms with Crippen molar-refractivity contribution in [3.8, 4) is 11.1 Å². The summed E-state index contributed by atoms with van der Waals surface area (Å²) >= 11 is 0. The van der Waals surface area contributed by atoms with Gasteiger partial charge in [-0.25, -0.2) is 9.59 Å². The summed E-state index contributed by atoms with van der Waals surface area (Å²) in [6, 6.07) is 16.1. The summed E-state index contributed by atoms with van der Waals surface area (Å²) in [4.78, 5) is 38.8. The first-order chi connectivity index (χ1) is 16.6. The van der Waals surface area contributed by atoms with Crippen LogP contribution in [0.15, 0.2) is 48.5 Å². The molecule has 8 heteroatoms. The van der Waals surface area contributed by atoms with E-state index in [0.717, 1.165) is 22.3 Å². The van der Waals surface area contributed by atoms with E-state index in [0.29, 0.717) is 13.1 Å². The Labute approximate surface area is 205 Å². The number of hydrogen-bond donors (Lipinski definition) is 2. The lowest BCUT2D eigenvalue weighted by Crippen LogP contribution is -2.60. The van der Waals surface area contributed by atoms with Gasteiger partial charge in [-0.15, -0.1) is 0 Å². The van der Waals surface area contributed by atoms with Crippen molar-refractivity contribution in [2.24, 2.45) is 0 Å². The molecule has 2 N–H and O–H groups in total. The highest BCUT2D eigenvalue weighted by Crippen LogP contribution is 2.44. The number of alkyl carbamates (subject to hydrolysis) is 1. The maximum absolute atomic E-state index is 12.7. The van der Waals surface area contributed by atoms with Crippen molar-refractivity contribution < 1.29 is 29.0 Å². The Balaban J connectivity index is 1.36. The number of nitrogens with zero attached hydrogens (tertiary/aromatic N) is 1. The molecular weight excluding hydrogens is 448 g/mol. The smallest absolute Gasteiger partial charge is 0.408 e. The van der Waals surface area contributed by atoms with E-state index in [2.05, 4.69) is 17.4 Å². The van der Waals surface area contributed by atoms with E-state index in [1.807, 2.05) is 41.3 Å². The Morgan fingerprint density at radius 3 is 2.06 bits per heavy atom. The first-order valence-electron chi connectivity index (χ1n) is 11.9. The van der Waals surface area contributed by atoms with Crippen LogP contribution in [0.25, 0.3) is 11.1 Å². The Morgan fingerprint density at radius 1 is 1.00 bits per heavy atom. The van der Waals surface area contributed by atoms with Crippen LogP contribution in [0, 0.1) is 0 Å². The van der Waals surface area contributed by atoms with Crippen LogP contribution in [-0.4, -0.2) is 65.4 Å². The number of carbonyl (C=O) groups is 3. The molecule has 2 aliphatic rings. The fourth-order valence-electron chi connectivity index (χ4n) is 4.87. The lowest BCUT2D eigenvalue weighted by Gasteiger charge is -2.38. The van der Waals surface area contributed by atoms with Crippen LogP contribution in [0.1, 0.15) is 50.7 Å².